The number of benzene rings is 3. The summed E-state index contributed by atoms with van der Waals surface area (Å²) in [5.41, 5.74) is 11.7. The molecule has 2 heteroatoms. The van der Waals surface area contributed by atoms with E-state index in [0.29, 0.717) is 11.8 Å². The second-order valence-electron chi connectivity index (χ2n) is 11.6. The number of hydrogen-bond acceptors (Lipinski definition) is 0. The zero-order chi connectivity index (χ0) is 24.9. The Hall–Kier alpha value is -3.26. The second kappa shape index (κ2) is 7.62. The SMILES string of the molecule is CC(C)c1c2ccc3c4c(n(C)c3c2c(C(C)C)c2ccc3c5c(n(C)c3c12)CCC=C5)CCC=C4. The molecule has 3 aromatic carbocycles. The third kappa shape index (κ3) is 2.68. The molecule has 0 fully saturated rings. The highest BCUT2D eigenvalue weighted by atomic mass is 15.0. The molecule has 2 nitrogen and oxygen atoms in total. The highest BCUT2D eigenvalue weighted by molar-refractivity contribution is 6.23. The molecule has 0 spiro atoms. The van der Waals surface area contributed by atoms with E-state index in [1.54, 1.807) is 0 Å². The van der Waals surface area contributed by atoms with E-state index in [4.69, 9.17) is 0 Å². The Balaban J connectivity index is 1.78. The van der Waals surface area contributed by atoms with Gasteiger partial charge in [0.1, 0.15) is 0 Å². The number of hydrogen-bond donors (Lipinski definition) is 0. The molecule has 36 heavy (non-hydrogen) atoms. The Kier molecular flexibility index (Phi) is 4.65. The van der Waals surface area contributed by atoms with Crippen LogP contribution in [0.25, 0.3) is 55.5 Å². The monoisotopic (exact) mass is 472 g/mol. The van der Waals surface area contributed by atoms with E-state index in [9.17, 15) is 0 Å². The van der Waals surface area contributed by atoms with E-state index in [1.165, 1.54) is 77.0 Å². The standard InChI is InChI=1S/C34H36N2/c1-19(2)29-25-17-15-24-22-12-8-10-14-28(22)36(6)34(24)32(25)30(20(3)4)26-18-16-23-21-11-7-9-13-27(21)35(5)33(23)31(26)29/h7-8,11-12,15-20H,9-10,13-14H2,1-6H3. The second-order valence-corrected chi connectivity index (χ2v) is 11.6. The van der Waals surface area contributed by atoms with Gasteiger partial charge < -0.3 is 9.13 Å². The molecule has 0 saturated carbocycles. The minimum atomic E-state index is 0.427. The normalized spacial score (nSPS) is 15.3. The molecule has 0 N–H and O–H groups in total. The summed E-state index contributed by atoms with van der Waals surface area (Å²) in [7, 11) is 4.59. The summed E-state index contributed by atoms with van der Waals surface area (Å²) in [6.45, 7) is 9.53. The van der Waals surface area contributed by atoms with Crippen LogP contribution < -0.4 is 0 Å². The van der Waals surface area contributed by atoms with Crippen molar-refractivity contribution in [2.75, 3.05) is 0 Å². The first kappa shape index (κ1) is 22.0. The van der Waals surface area contributed by atoms with Gasteiger partial charge >= 0.3 is 0 Å². The molecule has 0 radical (unpaired) electrons. The molecule has 0 saturated heterocycles. The number of aryl methyl sites for hydroxylation is 2. The molecular weight excluding hydrogens is 436 g/mol. The quantitative estimate of drug-likeness (QED) is 0.227. The maximum Gasteiger partial charge on any atom is 0.0569 e. The zero-order valence-corrected chi connectivity index (χ0v) is 22.5. The van der Waals surface area contributed by atoms with E-state index < -0.39 is 0 Å². The summed E-state index contributed by atoms with van der Waals surface area (Å²) < 4.78 is 5.03. The molecule has 0 atom stereocenters. The lowest BCUT2D eigenvalue weighted by Gasteiger charge is -2.23. The number of fused-ring (bicyclic) bond motifs is 10. The Morgan fingerprint density at radius 2 is 0.972 bits per heavy atom. The fraction of sp³-hybridized carbons (Fsp3) is 0.353. The maximum absolute atomic E-state index is 2.52. The van der Waals surface area contributed by atoms with Crippen LogP contribution in [0.3, 0.4) is 0 Å². The van der Waals surface area contributed by atoms with Crippen molar-refractivity contribution < 1.29 is 0 Å². The van der Waals surface area contributed by atoms with Gasteiger partial charge in [-0.1, -0.05) is 76.3 Å². The van der Waals surface area contributed by atoms with E-state index in [1.807, 2.05) is 0 Å². The minimum absolute atomic E-state index is 0.427. The number of aromatic nitrogens is 2. The molecule has 0 unspecified atom stereocenters. The molecule has 5 aromatic rings. The van der Waals surface area contributed by atoms with Crippen molar-refractivity contribution in [2.45, 2.75) is 65.2 Å². The lowest BCUT2D eigenvalue weighted by molar-refractivity contribution is 0.823. The van der Waals surface area contributed by atoms with Crippen molar-refractivity contribution >= 4 is 55.5 Å². The highest BCUT2D eigenvalue weighted by Gasteiger charge is 2.27. The van der Waals surface area contributed by atoms with Gasteiger partial charge in [-0.15, -0.1) is 0 Å². The van der Waals surface area contributed by atoms with Gasteiger partial charge in [0.25, 0.3) is 0 Å². The van der Waals surface area contributed by atoms with Crippen LogP contribution in [0.15, 0.2) is 36.4 Å². The van der Waals surface area contributed by atoms with Crippen LogP contribution in [0.2, 0.25) is 0 Å². The summed E-state index contributed by atoms with van der Waals surface area (Å²) in [6, 6.07) is 9.71. The molecular formula is C34H36N2. The molecule has 2 aromatic heterocycles. The van der Waals surface area contributed by atoms with Crippen LogP contribution in [0.5, 0.6) is 0 Å². The first-order valence-electron chi connectivity index (χ1n) is 13.8. The van der Waals surface area contributed by atoms with Crippen LogP contribution in [-0.2, 0) is 26.9 Å². The summed E-state index contributed by atoms with van der Waals surface area (Å²) >= 11 is 0. The van der Waals surface area contributed by atoms with Crippen molar-refractivity contribution in [3.05, 3.63) is 70.1 Å². The first-order chi connectivity index (χ1) is 17.4. The summed E-state index contributed by atoms with van der Waals surface area (Å²) in [4.78, 5) is 0. The average Bonchev–Trinajstić information content (AvgIpc) is 3.34. The summed E-state index contributed by atoms with van der Waals surface area (Å²) in [5, 5.41) is 8.65. The van der Waals surface area contributed by atoms with E-state index >= 15 is 0 Å². The molecule has 0 aliphatic heterocycles. The molecule has 2 heterocycles. The van der Waals surface area contributed by atoms with E-state index in [-0.39, 0.29) is 0 Å². The molecule has 2 aliphatic carbocycles. The van der Waals surface area contributed by atoms with Crippen molar-refractivity contribution in [1.29, 1.82) is 0 Å². The van der Waals surface area contributed by atoms with Crippen LogP contribution in [-0.4, -0.2) is 9.13 Å². The average molecular weight is 473 g/mol. The Labute approximate surface area is 213 Å². The van der Waals surface area contributed by atoms with Gasteiger partial charge in [0, 0.05) is 58.2 Å². The van der Waals surface area contributed by atoms with Crippen molar-refractivity contribution in [2.24, 2.45) is 14.1 Å². The molecule has 7 rings (SSSR count). The minimum Gasteiger partial charge on any atom is -0.347 e. The third-order valence-corrected chi connectivity index (χ3v) is 8.98. The largest absolute Gasteiger partial charge is 0.347 e. The molecule has 182 valence electrons. The maximum atomic E-state index is 2.52. The van der Waals surface area contributed by atoms with Crippen LogP contribution in [0.4, 0.5) is 0 Å². The van der Waals surface area contributed by atoms with Gasteiger partial charge in [0.05, 0.1) is 11.0 Å². The van der Waals surface area contributed by atoms with Crippen molar-refractivity contribution in [3.63, 3.8) is 0 Å². The van der Waals surface area contributed by atoms with Crippen molar-refractivity contribution in [1.82, 2.24) is 9.13 Å². The fourth-order valence-corrected chi connectivity index (χ4v) is 7.54. The Morgan fingerprint density at radius 3 is 1.36 bits per heavy atom. The van der Waals surface area contributed by atoms with E-state index in [0.717, 1.165) is 25.7 Å². The number of allylic oxidation sites excluding steroid dienone is 2. The van der Waals surface area contributed by atoms with Crippen LogP contribution in [0, 0.1) is 0 Å². The Bertz CT molecular complexity index is 1660. The molecule has 0 amide bonds. The van der Waals surface area contributed by atoms with Gasteiger partial charge in [0.15, 0.2) is 0 Å². The topological polar surface area (TPSA) is 9.86 Å². The molecule has 2 aliphatic rings. The van der Waals surface area contributed by atoms with Gasteiger partial charge in [-0.2, -0.15) is 0 Å². The third-order valence-electron chi connectivity index (χ3n) is 8.98. The lowest BCUT2D eigenvalue weighted by Crippen LogP contribution is -2.04. The number of nitrogens with zero attached hydrogens (tertiary/aromatic N) is 2. The summed E-state index contributed by atoms with van der Waals surface area (Å²) in [6.07, 6.45) is 13.9. The highest BCUT2D eigenvalue weighted by Crippen LogP contribution is 2.48. The zero-order valence-electron chi connectivity index (χ0n) is 22.5. The predicted octanol–water partition coefficient (Wildman–Crippen LogP) is 9.14. The van der Waals surface area contributed by atoms with Gasteiger partial charge in [-0.25, -0.2) is 0 Å². The van der Waals surface area contributed by atoms with Crippen molar-refractivity contribution in [3.8, 4) is 0 Å². The van der Waals surface area contributed by atoms with Gasteiger partial charge in [0.2, 0.25) is 0 Å². The smallest absolute Gasteiger partial charge is 0.0569 e. The van der Waals surface area contributed by atoms with Crippen LogP contribution in [0.1, 0.15) is 86.0 Å². The predicted molar refractivity (Wildman–Crippen MR) is 157 cm³/mol. The Morgan fingerprint density at radius 1 is 0.583 bits per heavy atom. The molecule has 0 bridgehead atoms. The van der Waals surface area contributed by atoms with Gasteiger partial charge in [-0.05, 0) is 59.4 Å². The van der Waals surface area contributed by atoms with Gasteiger partial charge in [-0.3, -0.25) is 0 Å². The number of rotatable bonds is 2. The van der Waals surface area contributed by atoms with Crippen LogP contribution >= 0.6 is 0 Å². The summed E-state index contributed by atoms with van der Waals surface area (Å²) in [5.74, 6) is 0.855. The van der Waals surface area contributed by atoms with E-state index in [2.05, 4.69) is 99.5 Å². The fourth-order valence-electron chi connectivity index (χ4n) is 7.54. The lowest BCUT2D eigenvalue weighted by atomic mass is 9.82. The first-order valence-corrected chi connectivity index (χ1v) is 13.8.